The number of nitrogens with two attached hydrogens (primary N) is 1. The minimum absolute atomic E-state index is 0.202. The fourth-order valence-electron chi connectivity index (χ4n) is 2.99. The molecule has 0 aromatic heterocycles. The zero-order valence-electron chi connectivity index (χ0n) is 16.5. The van der Waals surface area contributed by atoms with Crippen LogP contribution in [0.4, 0.5) is 4.79 Å². The lowest BCUT2D eigenvalue weighted by atomic mass is 9.91. The molecule has 0 atom stereocenters. The monoisotopic (exact) mass is 352 g/mol. The molecule has 0 bridgehead atoms. The number of hydrogen-bond donors (Lipinski definition) is 1. The Morgan fingerprint density at radius 3 is 2.44 bits per heavy atom. The summed E-state index contributed by atoms with van der Waals surface area (Å²) in [6, 6.07) is 0.520. The maximum absolute atomic E-state index is 12.6. The second-order valence-electron chi connectivity index (χ2n) is 7.74. The zero-order chi connectivity index (χ0) is 18.7. The van der Waals surface area contributed by atoms with Gasteiger partial charge in [0.1, 0.15) is 5.60 Å². The highest BCUT2D eigenvalue weighted by molar-refractivity contribution is 5.68. The number of hydrogen-bond acceptors (Lipinski definition) is 4. The molecule has 0 aromatic carbocycles. The molecule has 1 rings (SSSR count). The SMILES string of the molecule is CC#CCCOCCCCN(C(=O)OC(C)(C)C)C1CCC(N)CC1. The number of unbranched alkanes of at least 4 members (excludes halogenated alkanes) is 1. The molecule has 0 heterocycles. The molecule has 25 heavy (non-hydrogen) atoms. The minimum atomic E-state index is -0.468. The molecule has 0 aromatic rings. The summed E-state index contributed by atoms with van der Waals surface area (Å²) in [5.41, 5.74) is 5.54. The second kappa shape index (κ2) is 11.4. The van der Waals surface area contributed by atoms with E-state index in [4.69, 9.17) is 15.2 Å². The topological polar surface area (TPSA) is 64.8 Å². The smallest absolute Gasteiger partial charge is 0.410 e. The summed E-state index contributed by atoms with van der Waals surface area (Å²) in [5, 5.41) is 0. The first-order valence-corrected chi connectivity index (χ1v) is 9.56. The van der Waals surface area contributed by atoms with Crippen molar-refractivity contribution in [3.63, 3.8) is 0 Å². The summed E-state index contributed by atoms with van der Waals surface area (Å²) >= 11 is 0. The van der Waals surface area contributed by atoms with Gasteiger partial charge in [-0.2, -0.15) is 0 Å². The molecular weight excluding hydrogens is 316 g/mol. The van der Waals surface area contributed by atoms with Crippen LogP contribution in [-0.4, -0.2) is 48.4 Å². The summed E-state index contributed by atoms with van der Waals surface area (Å²) in [4.78, 5) is 14.5. The third-order valence-electron chi connectivity index (χ3n) is 4.30. The van der Waals surface area contributed by atoms with Gasteiger partial charge in [0, 0.05) is 31.7 Å². The van der Waals surface area contributed by atoms with Crippen molar-refractivity contribution >= 4 is 6.09 Å². The fourth-order valence-corrected chi connectivity index (χ4v) is 2.99. The maximum Gasteiger partial charge on any atom is 0.410 e. The normalized spacial score (nSPS) is 20.5. The number of carbonyl (C=O) groups is 1. The Morgan fingerprint density at radius 1 is 1.16 bits per heavy atom. The zero-order valence-corrected chi connectivity index (χ0v) is 16.5. The van der Waals surface area contributed by atoms with Gasteiger partial charge < -0.3 is 20.1 Å². The molecule has 1 aliphatic carbocycles. The van der Waals surface area contributed by atoms with Crippen molar-refractivity contribution < 1.29 is 14.3 Å². The number of nitrogens with zero attached hydrogens (tertiary/aromatic N) is 1. The molecule has 0 radical (unpaired) electrons. The number of amides is 1. The molecule has 0 spiro atoms. The van der Waals surface area contributed by atoms with Gasteiger partial charge in [0.2, 0.25) is 0 Å². The molecular formula is C20H36N2O3. The molecule has 1 fully saturated rings. The predicted molar refractivity (Wildman–Crippen MR) is 101 cm³/mol. The van der Waals surface area contributed by atoms with E-state index in [9.17, 15) is 4.79 Å². The van der Waals surface area contributed by atoms with Crippen molar-refractivity contribution in [2.75, 3.05) is 19.8 Å². The standard InChI is InChI=1S/C20H36N2O3/c1-5-6-8-15-24-16-9-7-14-22(19(23)25-20(2,3)4)18-12-10-17(21)11-13-18/h17-18H,7-16,21H2,1-4H3. The van der Waals surface area contributed by atoms with Crippen LogP contribution in [0, 0.1) is 11.8 Å². The Morgan fingerprint density at radius 2 is 1.84 bits per heavy atom. The first-order chi connectivity index (χ1) is 11.8. The summed E-state index contributed by atoms with van der Waals surface area (Å²) in [7, 11) is 0. The van der Waals surface area contributed by atoms with E-state index in [1.54, 1.807) is 0 Å². The van der Waals surface area contributed by atoms with E-state index in [2.05, 4.69) is 11.8 Å². The highest BCUT2D eigenvalue weighted by atomic mass is 16.6. The van der Waals surface area contributed by atoms with E-state index < -0.39 is 5.60 Å². The lowest BCUT2D eigenvalue weighted by Gasteiger charge is -2.37. The Bertz CT molecular complexity index is 440. The van der Waals surface area contributed by atoms with Gasteiger partial charge in [0.25, 0.3) is 0 Å². The van der Waals surface area contributed by atoms with E-state index in [0.29, 0.717) is 19.8 Å². The average Bonchev–Trinajstić information content (AvgIpc) is 2.53. The number of ether oxygens (including phenoxy) is 2. The predicted octanol–water partition coefficient (Wildman–Crippen LogP) is 3.70. The van der Waals surface area contributed by atoms with Gasteiger partial charge in [-0.05, 0) is 66.2 Å². The lowest BCUT2D eigenvalue weighted by molar-refractivity contribution is 0.0105. The summed E-state index contributed by atoms with van der Waals surface area (Å²) in [5.74, 6) is 5.84. The van der Waals surface area contributed by atoms with Gasteiger partial charge in [0.15, 0.2) is 0 Å². The van der Waals surface area contributed by atoms with Crippen LogP contribution in [-0.2, 0) is 9.47 Å². The molecule has 2 N–H and O–H groups in total. The lowest BCUT2D eigenvalue weighted by Crippen LogP contribution is -2.46. The van der Waals surface area contributed by atoms with Crippen LogP contribution in [0.25, 0.3) is 0 Å². The molecule has 1 saturated carbocycles. The van der Waals surface area contributed by atoms with Crippen molar-refractivity contribution in [3.05, 3.63) is 0 Å². The van der Waals surface area contributed by atoms with Crippen LogP contribution in [0.5, 0.6) is 0 Å². The molecule has 0 unspecified atom stereocenters. The van der Waals surface area contributed by atoms with Gasteiger partial charge >= 0.3 is 6.09 Å². The maximum atomic E-state index is 12.6. The van der Waals surface area contributed by atoms with Crippen LogP contribution in [0.1, 0.15) is 72.6 Å². The molecule has 5 heteroatoms. The Hall–Kier alpha value is -1.25. The molecule has 144 valence electrons. The van der Waals surface area contributed by atoms with E-state index >= 15 is 0 Å². The molecule has 0 saturated heterocycles. The van der Waals surface area contributed by atoms with Gasteiger partial charge in [-0.1, -0.05) is 0 Å². The molecule has 1 amide bonds. The summed E-state index contributed by atoms with van der Waals surface area (Å²) in [6.07, 6.45) is 6.32. The minimum Gasteiger partial charge on any atom is -0.444 e. The third kappa shape index (κ3) is 9.72. The van der Waals surface area contributed by atoms with Gasteiger partial charge in [-0.25, -0.2) is 4.79 Å². The van der Waals surface area contributed by atoms with E-state index in [-0.39, 0.29) is 18.2 Å². The molecule has 1 aliphatic rings. The van der Waals surface area contributed by atoms with E-state index in [1.165, 1.54) is 0 Å². The Balaban J connectivity index is 2.42. The highest BCUT2D eigenvalue weighted by Crippen LogP contribution is 2.24. The molecule has 0 aliphatic heterocycles. The van der Waals surface area contributed by atoms with Crippen molar-refractivity contribution in [1.82, 2.24) is 4.90 Å². The largest absolute Gasteiger partial charge is 0.444 e. The number of carbonyl (C=O) groups excluding carboxylic acids is 1. The third-order valence-corrected chi connectivity index (χ3v) is 4.30. The fraction of sp³-hybridized carbons (Fsp3) is 0.850. The second-order valence-corrected chi connectivity index (χ2v) is 7.74. The first kappa shape index (κ1) is 21.8. The van der Waals surface area contributed by atoms with Crippen LogP contribution in [0.2, 0.25) is 0 Å². The van der Waals surface area contributed by atoms with Crippen molar-refractivity contribution in [2.45, 2.75) is 90.3 Å². The number of rotatable bonds is 8. The van der Waals surface area contributed by atoms with Crippen LogP contribution in [0.3, 0.4) is 0 Å². The quantitative estimate of drug-likeness (QED) is 0.534. The first-order valence-electron chi connectivity index (χ1n) is 9.56. The Kier molecular flexibility index (Phi) is 9.92. The van der Waals surface area contributed by atoms with Gasteiger partial charge in [0.05, 0.1) is 6.61 Å². The van der Waals surface area contributed by atoms with Crippen molar-refractivity contribution in [2.24, 2.45) is 5.73 Å². The van der Waals surface area contributed by atoms with Crippen LogP contribution < -0.4 is 5.73 Å². The summed E-state index contributed by atoms with van der Waals surface area (Å²) in [6.45, 7) is 9.67. The van der Waals surface area contributed by atoms with Crippen LogP contribution >= 0.6 is 0 Å². The van der Waals surface area contributed by atoms with Gasteiger partial charge in [-0.15, -0.1) is 11.8 Å². The van der Waals surface area contributed by atoms with Crippen LogP contribution in [0.15, 0.2) is 0 Å². The van der Waals surface area contributed by atoms with Crippen molar-refractivity contribution in [3.8, 4) is 11.8 Å². The summed E-state index contributed by atoms with van der Waals surface area (Å²) < 4.78 is 11.2. The van der Waals surface area contributed by atoms with E-state index in [0.717, 1.165) is 44.9 Å². The van der Waals surface area contributed by atoms with Gasteiger partial charge in [-0.3, -0.25) is 0 Å². The van der Waals surface area contributed by atoms with Crippen molar-refractivity contribution in [1.29, 1.82) is 0 Å². The molecule has 5 nitrogen and oxygen atoms in total. The highest BCUT2D eigenvalue weighted by Gasteiger charge is 2.30. The van der Waals surface area contributed by atoms with E-state index in [1.807, 2.05) is 32.6 Å². The Labute approximate surface area is 153 Å². The average molecular weight is 353 g/mol.